The van der Waals surface area contributed by atoms with E-state index in [4.69, 9.17) is 0 Å². The van der Waals surface area contributed by atoms with E-state index in [0.29, 0.717) is 29.7 Å². The summed E-state index contributed by atoms with van der Waals surface area (Å²) in [4.78, 5) is 20.8. The van der Waals surface area contributed by atoms with Crippen molar-refractivity contribution in [1.82, 2.24) is 9.97 Å². The summed E-state index contributed by atoms with van der Waals surface area (Å²) in [6.07, 6.45) is -2.79. The highest BCUT2D eigenvalue weighted by Crippen LogP contribution is 2.30. The van der Waals surface area contributed by atoms with Gasteiger partial charge in [-0.05, 0) is 50.2 Å². The van der Waals surface area contributed by atoms with Crippen molar-refractivity contribution in [3.05, 3.63) is 65.9 Å². The van der Waals surface area contributed by atoms with E-state index in [0.717, 1.165) is 17.7 Å². The largest absolute Gasteiger partial charge is 0.416 e. The van der Waals surface area contributed by atoms with Gasteiger partial charge in [-0.25, -0.2) is 9.78 Å². The molecule has 10 heteroatoms. The van der Waals surface area contributed by atoms with Gasteiger partial charge in [0.2, 0.25) is 5.95 Å². The number of hydrogen-bond acceptors (Lipinski definition) is 5. The standard InChI is InChI=1S/C21H21F3N6O/c1-3-25-19-26-12-13(2)18(30-19)27-16-8-5-9-17(11-16)29-20(31)28-15-7-4-6-14(10-15)21(22,23)24/h4-12H,3H2,1-2H3,(H2,28,29,31)(H2,25,26,27,30). The van der Waals surface area contributed by atoms with Gasteiger partial charge in [0.25, 0.3) is 0 Å². The lowest BCUT2D eigenvalue weighted by molar-refractivity contribution is -0.137. The molecule has 0 saturated carbocycles. The summed E-state index contributed by atoms with van der Waals surface area (Å²) >= 11 is 0. The van der Waals surface area contributed by atoms with Crippen LogP contribution in [0.2, 0.25) is 0 Å². The minimum Gasteiger partial charge on any atom is -0.354 e. The quantitative estimate of drug-likeness (QED) is 0.407. The molecule has 0 radical (unpaired) electrons. The Morgan fingerprint density at radius 3 is 2.32 bits per heavy atom. The molecule has 2 aromatic carbocycles. The zero-order valence-corrected chi connectivity index (χ0v) is 16.8. The number of halogens is 3. The number of rotatable bonds is 6. The molecule has 0 aliphatic carbocycles. The molecule has 2 amide bonds. The SMILES string of the molecule is CCNc1ncc(C)c(Nc2cccc(NC(=O)Nc3cccc(C(F)(F)F)c3)c2)n1. The Labute approximate surface area is 177 Å². The number of aryl methyl sites for hydroxylation is 1. The van der Waals surface area contributed by atoms with Crippen molar-refractivity contribution in [3.8, 4) is 0 Å². The number of anilines is 5. The smallest absolute Gasteiger partial charge is 0.354 e. The molecule has 1 aromatic heterocycles. The van der Waals surface area contributed by atoms with Crippen LogP contribution in [0.4, 0.5) is 46.8 Å². The molecule has 1 heterocycles. The number of amides is 2. The Kier molecular flexibility index (Phi) is 6.58. The van der Waals surface area contributed by atoms with Crippen molar-refractivity contribution in [2.24, 2.45) is 0 Å². The van der Waals surface area contributed by atoms with Crippen LogP contribution in [-0.2, 0) is 6.18 Å². The van der Waals surface area contributed by atoms with Crippen LogP contribution < -0.4 is 21.3 Å². The summed E-state index contributed by atoms with van der Waals surface area (Å²) in [7, 11) is 0. The summed E-state index contributed by atoms with van der Waals surface area (Å²) in [5.41, 5.74) is 1.15. The first kappa shape index (κ1) is 21.9. The van der Waals surface area contributed by atoms with Crippen LogP contribution in [0.3, 0.4) is 0 Å². The minimum absolute atomic E-state index is 0.0363. The van der Waals surface area contributed by atoms with Gasteiger partial charge in [0.05, 0.1) is 5.56 Å². The molecule has 0 atom stereocenters. The van der Waals surface area contributed by atoms with Crippen LogP contribution in [0.1, 0.15) is 18.1 Å². The number of nitrogens with one attached hydrogen (secondary N) is 4. The van der Waals surface area contributed by atoms with E-state index < -0.39 is 17.8 Å². The molecular weight excluding hydrogens is 409 g/mol. The van der Waals surface area contributed by atoms with E-state index in [1.165, 1.54) is 12.1 Å². The van der Waals surface area contributed by atoms with Gasteiger partial charge < -0.3 is 21.3 Å². The van der Waals surface area contributed by atoms with E-state index in [1.54, 1.807) is 30.5 Å². The number of alkyl halides is 3. The van der Waals surface area contributed by atoms with Crippen molar-refractivity contribution in [2.45, 2.75) is 20.0 Å². The van der Waals surface area contributed by atoms with Crippen LogP contribution in [0.15, 0.2) is 54.7 Å². The van der Waals surface area contributed by atoms with Gasteiger partial charge in [0.15, 0.2) is 0 Å². The lowest BCUT2D eigenvalue weighted by atomic mass is 10.2. The predicted molar refractivity (Wildman–Crippen MR) is 115 cm³/mol. The topological polar surface area (TPSA) is 91.0 Å². The molecular formula is C21H21F3N6O. The molecule has 162 valence electrons. The zero-order chi connectivity index (χ0) is 22.4. The molecule has 0 spiro atoms. The third-order valence-corrected chi connectivity index (χ3v) is 4.14. The summed E-state index contributed by atoms with van der Waals surface area (Å²) < 4.78 is 38.5. The summed E-state index contributed by atoms with van der Waals surface area (Å²) in [5.74, 6) is 1.10. The molecule has 0 bridgehead atoms. The highest BCUT2D eigenvalue weighted by Gasteiger charge is 2.30. The van der Waals surface area contributed by atoms with Crippen LogP contribution >= 0.6 is 0 Å². The van der Waals surface area contributed by atoms with Crippen molar-refractivity contribution in [1.29, 1.82) is 0 Å². The summed E-state index contributed by atoms with van der Waals surface area (Å²) in [6, 6.07) is 10.6. The fraction of sp³-hybridized carbons (Fsp3) is 0.190. The minimum atomic E-state index is -4.49. The molecule has 0 aliphatic heterocycles. The molecule has 31 heavy (non-hydrogen) atoms. The second kappa shape index (κ2) is 9.33. The fourth-order valence-electron chi connectivity index (χ4n) is 2.69. The van der Waals surface area contributed by atoms with Gasteiger partial charge in [-0.2, -0.15) is 18.2 Å². The Morgan fingerprint density at radius 2 is 1.65 bits per heavy atom. The number of aromatic nitrogens is 2. The summed E-state index contributed by atoms with van der Waals surface area (Å²) in [6.45, 7) is 4.49. The molecule has 3 aromatic rings. The average molecular weight is 430 g/mol. The maximum absolute atomic E-state index is 12.8. The van der Waals surface area contributed by atoms with Crippen molar-refractivity contribution >= 4 is 34.9 Å². The monoisotopic (exact) mass is 430 g/mol. The first-order chi connectivity index (χ1) is 14.7. The predicted octanol–water partition coefficient (Wildman–Crippen LogP) is 5.62. The maximum Gasteiger partial charge on any atom is 0.416 e. The molecule has 0 fully saturated rings. The van der Waals surface area contributed by atoms with E-state index in [1.807, 2.05) is 13.8 Å². The summed E-state index contributed by atoms with van der Waals surface area (Å²) in [5, 5.41) is 11.2. The highest BCUT2D eigenvalue weighted by molar-refractivity contribution is 6.00. The lowest BCUT2D eigenvalue weighted by Crippen LogP contribution is -2.19. The van der Waals surface area contributed by atoms with Crippen molar-refractivity contribution in [3.63, 3.8) is 0 Å². The Bertz CT molecular complexity index is 1070. The number of carbonyl (C=O) groups excluding carboxylic acids is 1. The van der Waals surface area contributed by atoms with Crippen LogP contribution in [0.5, 0.6) is 0 Å². The number of carbonyl (C=O) groups is 1. The first-order valence-electron chi connectivity index (χ1n) is 9.44. The molecule has 4 N–H and O–H groups in total. The second-order valence-electron chi connectivity index (χ2n) is 6.62. The van der Waals surface area contributed by atoms with Crippen LogP contribution in [0.25, 0.3) is 0 Å². The van der Waals surface area contributed by atoms with Gasteiger partial charge in [-0.1, -0.05) is 12.1 Å². The van der Waals surface area contributed by atoms with E-state index in [2.05, 4.69) is 31.2 Å². The zero-order valence-electron chi connectivity index (χ0n) is 16.8. The van der Waals surface area contributed by atoms with Gasteiger partial charge in [0, 0.05) is 35.4 Å². The highest BCUT2D eigenvalue weighted by atomic mass is 19.4. The first-order valence-corrected chi connectivity index (χ1v) is 9.44. The molecule has 0 aliphatic rings. The third-order valence-electron chi connectivity index (χ3n) is 4.14. The Hall–Kier alpha value is -3.82. The van der Waals surface area contributed by atoms with Crippen molar-refractivity contribution in [2.75, 3.05) is 27.8 Å². The number of hydrogen-bond donors (Lipinski definition) is 4. The van der Waals surface area contributed by atoms with E-state index in [9.17, 15) is 18.0 Å². The number of benzene rings is 2. The Morgan fingerprint density at radius 1 is 1.00 bits per heavy atom. The molecule has 7 nitrogen and oxygen atoms in total. The Balaban J connectivity index is 1.68. The van der Waals surface area contributed by atoms with Crippen molar-refractivity contribution < 1.29 is 18.0 Å². The normalized spacial score (nSPS) is 11.0. The number of nitrogens with zero attached hydrogens (tertiary/aromatic N) is 2. The van der Waals surface area contributed by atoms with Gasteiger partial charge in [-0.15, -0.1) is 0 Å². The van der Waals surface area contributed by atoms with Gasteiger partial charge >= 0.3 is 12.2 Å². The average Bonchev–Trinajstić information content (AvgIpc) is 2.70. The van der Waals surface area contributed by atoms with Gasteiger partial charge in [0.1, 0.15) is 5.82 Å². The molecule has 0 unspecified atom stereocenters. The molecule has 0 saturated heterocycles. The van der Waals surface area contributed by atoms with Crippen LogP contribution in [-0.4, -0.2) is 22.5 Å². The lowest BCUT2D eigenvalue weighted by Gasteiger charge is -2.13. The molecule has 3 rings (SSSR count). The number of urea groups is 1. The van der Waals surface area contributed by atoms with Crippen LogP contribution in [0, 0.1) is 6.92 Å². The fourth-order valence-corrected chi connectivity index (χ4v) is 2.69. The third kappa shape index (κ3) is 6.08. The second-order valence-corrected chi connectivity index (χ2v) is 6.62. The van der Waals surface area contributed by atoms with Gasteiger partial charge in [-0.3, -0.25) is 0 Å². The van der Waals surface area contributed by atoms with E-state index in [-0.39, 0.29) is 5.69 Å². The maximum atomic E-state index is 12.8. The van der Waals surface area contributed by atoms with E-state index >= 15 is 0 Å².